The van der Waals surface area contributed by atoms with E-state index < -0.39 is 0 Å². The van der Waals surface area contributed by atoms with Gasteiger partial charge in [-0.05, 0) is 37.0 Å². The molecule has 0 bridgehead atoms. The zero-order valence-corrected chi connectivity index (χ0v) is 12.6. The Morgan fingerprint density at radius 3 is 2.90 bits per heavy atom. The van der Waals surface area contributed by atoms with Gasteiger partial charge in [-0.1, -0.05) is 37.2 Å². The second-order valence-electron chi connectivity index (χ2n) is 5.67. The van der Waals surface area contributed by atoms with E-state index in [0.29, 0.717) is 12.0 Å². The maximum atomic E-state index is 12.3. The Balaban J connectivity index is 1.99. The largest absolute Gasteiger partial charge is 0.395 e. The van der Waals surface area contributed by atoms with Crippen molar-refractivity contribution in [3.05, 3.63) is 34.9 Å². The van der Waals surface area contributed by atoms with E-state index >= 15 is 0 Å². The minimum absolute atomic E-state index is 0.0434. The van der Waals surface area contributed by atoms with Crippen LogP contribution in [-0.2, 0) is 0 Å². The molecule has 1 aliphatic rings. The van der Waals surface area contributed by atoms with Crippen LogP contribution in [0.5, 0.6) is 0 Å². The van der Waals surface area contributed by atoms with Crippen LogP contribution in [0.1, 0.15) is 53.6 Å². The van der Waals surface area contributed by atoms with Crippen LogP contribution in [0.3, 0.4) is 0 Å². The first-order valence-electron chi connectivity index (χ1n) is 7.69. The van der Waals surface area contributed by atoms with Gasteiger partial charge in [0.1, 0.15) is 0 Å². The van der Waals surface area contributed by atoms with Gasteiger partial charge in [0.15, 0.2) is 0 Å². The quantitative estimate of drug-likeness (QED) is 0.817. The predicted octanol–water partition coefficient (Wildman–Crippen LogP) is 2.65. The van der Waals surface area contributed by atoms with Gasteiger partial charge in [-0.3, -0.25) is 4.79 Å². The lowest BCUT2D eigenvalue weighted by molar-refractivity contribution is 0.0948. The highest BCUT2D eigenvalue weighted by atomic mass is 16.2. The molecule has 1 aromatic rings. The molecule has 0 aromatic heterocycles. The molecule has 1 saturated carbocycles. The molecule has 1 fully saturated rings. The van der Waals surface area contributed by atoms with Crippen molar-refractivity contribution in [2.75, 3.05) is 13.2 Å². The van der Waals surface area contributed by atoms with Crippen LogP contribution < -0.4 is 5.32 Å². The van der Waals surface area contributed by atoms with Crippen LogP contribution in [0.15, 0.2) is 18.2 Å². The van der Waals surface area contributed by atoms with Gasteiger partial charge >= 0.3 is 0 Å². The van der Waals surface area contributed by atoms with Crippen LogP contribution >= 0.6 is 0 Å². The van der Waals surface area contributed by atoms with Gasteiger partial charge in [0.05, 0.1) is 12.2 Å². The number of aliphatic hydroxyl groups excluding tert-OH is 1. The Hall–Kier alpha value is -1.79. The number of aryl methyl sites for hydroxylation is 1. The first-order valence-corrected chi connectivity index (χ1v) is 7.69. The second-order valence-corrected chi connectivity index (χ2v) is 5.67. The van der Waals surface area contributed by atoms with Gasteiger partial charge in [-0.2, -0.15) is 0 Å². The molecule has 3 heteroatoms. The number of carbonyl (C=O) groups excluding carboxylic acids is 1. The lowest BCUT2D eigenvalue weighted by atomic mass is 9.83. The molecule has 112 valence electrons. The van der Waals surface area contributed by atoms with E-state index in [2.05, 4.69) is 17.2 Å². The van der Waals surface area contributed by atoms with Crippen molar-refractivity contribution < 1.29 is 9.90 Å². The molecule has 0 saturated heterocycles. The lowest BCUT2D eigenvalue weighted by Gasteiger charge is -2.25. The van der Waals surface area contributed by atoms with E-state index in [0.717, 1.165) is 30.0 Å². The first-order chi connectivity index (χ1) is 10.2. The summed E-state index contributed by atoms with van der Waals surface area (Å²) in [6.07, 6.45) is 5.44. The topological polar surface area (TPSA) is 49.3 Å². The molecule has 1 aromatic carbocycles. The molecule has 0 radical (unpaired) electrons. The maximum absolute atomic E-state index is 12.3. The number of amides is 1. The van der Waals surface area contributed by atoms with Gasteiger partial charge in [-0.25, -0.2) is 0 Å². The van der Waals surface area contributed by atoms with E-state index in [4.69, 9.17) is 5.11 Å². The normalized spacial score (nSPS) is 14.0. The molecule has 0 spiro atoms. The molecule has 2 N–H and O–H groups in total. The van der Waals surface area contributed by atoms with Crippen molar-refractivity contribution in [2.45, 2.75) is 39.0 Å². The van der Waals surface area contributed by atoms with Crippen molar-refractivity contribution >= 4 is 5.91 Å². The Bertz CT molecular complexity index is 550. The van der Waals surface area contributed by atoms with E-state index in [1.807, 2.05) is 25.1 Å². The number of carbonyl (C=O) groups is 1. The minimum atomic E-state index is -0.0531. The molecule has 3 nitrogen and oxygen atoms in total. The zero-order chi connectivity index (χ0) is 15.1. The van der Waals surface area contributed by atoms with Gasteiger partial charge in [0, 0.05) is 18.5 Å². The molecule has 1 amide bonds. The van der Waals surface area contributed by atoms with Crippen LogP contribution in [0.2, 0.25) is 0 Å². The third-order valence-electron chi connectivity index (χ3n) is 3.94. The molecular weight excluding hydrogens is 262 g/mol. The summed E-state index contributed by atoms with van der Waals surface area (Å²) < 4.78 is 0. The van der Waals surface area contributed by atoms with Gasteiger partial charge < -0.3 is 10.4 Å². The number of rotatable bonds is 5. The smallest absolute Gasteiger partial charge is 0.252 e. The summed E-state index contributed by atoms with van der Waals surface area (Å²) in [5, 5.41) is 11.8. The highest BCUT2D eigenvalue weighted by molar-refractivity contribution is 5.96. The molecule has 0 heterocycles. The minimum Gasteiger partial charge on any atom is -0.395 e. The summed E-state index contributed by atoms with van der Waals surface area (Å²) >= 11 is 0. The standard InChI is InChI=1S/C18H23NO2/c1-14-8-9-17(16(13-14)7-2-3-12-20)18(21)19-11-10-15-5-4-6-15/h8-9,13,15,20H,3-6,10-12H2,1H3,(H,19,21). The Morgan fingerprint density at radius 1 is 1.43 bits per heavy atom. The third-order valence-corrected chi connectivity index (χ3v) is 3.94. The Labute approximate surface area is 126 Å². The summed E-state index contributed by atoms with van der Waals surface area (Å²) in [5.41, 5.74) is 2.44. The summed E-state index contributed by atoms with van der Waals surface area (Å²) in [6.45, 7) is 2.76. The lowest BCUT2D eigenvalue weighted by Crippen LogP contribution is -2.28. The fourth-order valence-corrected chi connectivity index (χ4v) is 2.44. The van der Waals surface area contributed by atoms with Crippen molar-refractivity contribution in [2.24, 2.45) is 5.92 Å². The summed E-state index contributed by atoms with van der Waals surface area (Å²) in [4.78, 5) is 12.3. The third kappa shape index (κ3) is 4.61. The monoisotopic (exact) mass is 285 g/mol. The number of aliphatic hydroxyl groups is 1. The summed E-state index contributed by atoms with van der Waals surface area (Å²) in [5.74, 6) is 6.62. The van der Waals surface area contributed by atoms with E-state index in [1.165, 1.54) is 19.3 Å². The van der Waals surface area contributed by atoms with E-state index in [9.17, 15) is 4.79 Å². The van der Waals surface area contributed by atoms with Crippen LogP contribution in [0.4, 0.5) is 0 Å². The highest BCUT2D eigenvalue weighted by Gasteiger charge is 2.17. The molecule has 0 aliphatic heterocycles. The van der Waals surface area contributed by atoms with Gasteiger partial charge in [0.25, 0.3) is 5.91 Å². The SMILES string of the molecule is Cc1ccc(C(=O)NCCC2CCC2)c(C#CCCO)c1. The molecule has 1 aliphatic carbocycles. The van der Waals surface area contributed by atoms with E-state index in [1.54, 1.807) is 0 Å². The van der Waals surface area contributed by atoms with Crippen LogP contribution in [-0.4, -0.2) is 24.2 Å². The Morgan fingerprint density at radius 2 is 2.24 bits per heavy atom. The second kappa shape index (κ2) is 7.85. The highest BCUT2D eigenvalue weighted by Crippen LogP contribution is 2.28. The van der Waals surface area contributed by atoms with Crippen LogP contribution in [0, 0.1) is 24.7 Å². The van der Waals surface area contributed by atoms with Crippen molar-refractivity contribution in [3.8, 4) is 11.8 Å². The number of nitrogens with one attached hydrogen (secondary N) is 1. The van der Waals surface area contributed by atoms with Crippen molar-refractivity contribution in [1.82, 2.24) is 5.32 Å². The molecule has 2 rings (SSSR count). The van der Waals surface area contributed by atoms with Crippen molar-refractivity contribution in [3.63, 3.8) is 0 Å². The number of hydrogen-bond acceptors (Lipinski definition) is 2. The number of hydrogen-bond donors (Lipinski definition) is 2. The zero-order valence-electron chi connectivity index (χ0n) is 12.6. The Kier molecular flexibility index (Phi) is 5.83. The fraction of sp³-hybridized carbons (Fsp3) is 0.500. The van der Waals surface area contributed by atoms with E-state index in [-0.39, 0.29) is 12.5 Å². The molecule has 0 atom stereocenters. The fourth-order valence-electron chi connectivity index (χ4n) is 2.44. The van der Waals surface area contributed by atoms with Crippen LogP contribution in [0.25, 0.3) is 0 Å². The predicted molar refractivity (Wildman–Crippen MR) is 84.1 cm³/mol. The first kappa shape index (κ1) is 15.6. The summed E-state index contributed by atoms with van der Waals surface area (Å²) in [7, 11) is 0. The molecular formula is C18H23NO2. The van der Waals surface area contributed by atoms with Gasteiger partial charge in [0.2, 0.25) is 0 Å². The average Bonchev–Trinajstić information content (AvgIpc) is 2.42. The summed E-state index contributed by atoms with van der Waals surface area (Å²) in [6, 6.07) is 5.68. The maximum Gasteiger partial charge on any atom is 0.252 e. The average molecular weight is 285 g/mol. The van der Waals surface area contributed by atoms with Crippen molar-refractivity contribution in [1.29, 1.82) is 0 Å². The van der Waals surface area contributed by atoms with Gasteiger partial charge in [-0.15, -0.1) is 0 Å². The number of benzene rings is 1. The molecule has 21 heavy (non-hydrogen) atoms. The molecule has 0 unspecified atom stereocenters.